The third kappa shape index (κ3) is 3.22. The summed E-state index contributed by atoms with van der Waals surface area (Å²) in [6.45, 7) is 5.52. The Balaban J connectivity index is 1.74. The van der Waals surface area contributed by atoms with Crippen LogP contribution in [0.3, 0.4) is 0 Å². The molecule has 5 heteroatoms. The van der Waals surface area contributed by atoms with E-state index in [1.165, 1.54) is 0 Å². The molecule has 2 rings (SSSR count). The first-order chi connectivity index (χ1) is 8.65. The van der Waals surface area contributed by atoms with Gasteiger partial charge in [-0.1, -0.05) is 0 Å². The van der Waals surface area contributed by atoms with Crippen LogP contribution in [0.5, 0.6) is 0 Å². The Morgan fingerprint density at radius 2 is 2.00 bits per heavy atom. The van der Waals surface area contributed by atoms with Crippen molar-refractivity contribution in [3.63, 3.8) is 0 Å². The summed E-state index contributed by atoms with van der Waals surface area (Å²) in [4.78, 5) is 11.5. The number of esters is 1. The highest BCUT2D eigenvalue weighted by Crippen LogP contribution is 2.35. The molecule has 1 spiro atoms. The highest BCUT2D eigenvalue weighted by Gasteiger charge is 2.40. The zero-order valence-corrected chi connectivity index (χ0v) is 11.2. The molecular weight excluding hydrogens is 234 g/mol. The van der Waals surface area contributed by atoms with Gasteiger partial charge in [-0.15, -0.1) is 0 Å². The van der Waals surface area contributed by atoms with Crippen molar-refractivity contribution in [3.05, 3.63) is 0 Å². The molecule has 1 saturated carbocycles. The van der Waals surface area contributed by atoms with E-state index < -0.39 is 0 Å². The quantitative estimate of drug-likeness (QED) is 0.767. The van der Waals surface area contributed by atoms with Gasteiger partial charge >= 0.3 is 5.97 Å². The summed E-state index contributed by atoms with van der Waals surface area (Å²) in [6.07, 6.45) is 3.76. The second-order valence-electron chi connectivity index (χ2n) is 5.02. The highest BCUT2D eigenvalue weighted by molar-refractivity contribution is 5.75. The summed E-state index contributed by atoms with van der Waals surface area (Å²) in [7, 11) is 0. The first kappa shape index (κ1) is 13.8. The lowest BCUT2D eigenvalue weighted by Gasteiger charge is -2.36. The fourth-order valence-electron chi connectivity index (χ4n) is 2.70. The van der Waals surface area contributed by atoms with Crippen molar-refractivity contribution >= 4 is 5.97 Å². The lowest BCUT2D eigenvalue weighted by Crippen LogP contribution is -2.47. The molecule has 5 nitrogen and oxygen atoms in total. The molecule has 1 aliphatic heterocycles. The second-order valence-corrected chi connectivity index (χ2v) is 5.02. The molecule has 1 saturated heterocycles. The molecule has 0 aromatic rings. The molecule has 18 heavy (non-hydrogen) atoms. The lowest BCUT2D eigenvalue weighted by molar-refractivity contribution is -0.180. The van der Waals surface area contributed by atoms with Gasteiger partial charge in [-0.25, -0.2) is 0 Å². The smallest absolute Gasteiger partial charge is 0.322 e. The normalized spacial score (nSPS) is 25.2. The van der Waals surface area contributed by atoms with Crippen LogP contribution in [0.1, 0.15) is 39.5 Å². The lowest BCUT2D eigenvalue weighted by atomic mass is 9.89. The number of rotatable bonds is 4. The summed E-state index contributed by atoms with van der Waals surface area (Å²) in [5.74, 6) is -0.503. The van der Waals surface area contributed by atoms with Crippen molar-refractivity contribution in [2.75, 3.05) is 19.8 Å². The average Bonchev–Trinajstić information content (AvgIpc) is 2.81. The molecule has 1 atom stereocenters. The van der Waals surface area contributed by atoms with E-state index in [0.717, 1.165) is 25.7 Å². The van der Waals surface area contributed by atoms with Gasteiger partial charge in [0.25, 0.3) is 0 Å². The van der Waals surface area contributed by atoms with Crippen LogP contribution in [0.15, 0.2) is 0 Å². The Hall–Kier alpha value is -0.650. The van der Waals surface area contributed by atoms with Crippen molar-refractivity contribution < 1.29 is 19.0 Å². The van der Waals surface area contributed by atoms with Crippen LogP contribution in [-0.2, 0) is 19.0 Å². The van der Waals surface area contributed by atoms with Crippen molar-refractivity contribution in [3.8, 4) is 0 Å². The van der Waals surface area contributed by atoms with Gasteiger partial charge in [0.1, 0.15) is 6.04 Å². The van der Waals surface area contributed by atoms with E-state index in [9.17, 15) is 4.79 Å². The first-order valence-electron chi connectivity index (χ1n) is 6.86. The number of hydrogen-bond donors (Lipinski definition) is 1. The third-order valence-electron chi connectivity index (χ3n) is 3.69. The highest BCUT2D eigenvalue weighted by atomic mass is 16.7. The van der Waals surface area contributed by atoms with Crippen molar-refractivity contribution in [1.29, 1.82) is 0 Å². The zero-order chi connectivity index (χ0) is 13.0. The van der Waals surface area contributed by atoms with E-state index in [1.807, 2.05) is 13.8 Å². The minimum absolute atomic E-state index is 0.175. The molecule has 0 amide bonds. The monoisotopic (exact) mass is 257 g/mol. The molecule has 1 N–H and O–H groups in total. The Kier molecular flexibility index (Phi) is 4.59. The summed E-state index contributed by atoms with van der Waals surface area (Å²) >= 11 is 0. The summed E-state index contributed by atoms with van der Waals surface area (Å²) in [5, 5.41) is 3.32. The standard InChI is InChI=1S/C13H23NO4/c1-3-16-12(15)10(2)14-11-4-6-13(7-5-11)17-8-9-18-13/h10-11,14H,3-9H2,1-2H3. The zero-order valence-electron chi connectivity index (χ0n) is 11.2. The molecule has 1 heterocycles. The van der Waals surface area contributed by atoms with Crippen LogP contribution in [-0.4, -0.2) is 43.7 Å². The second kappa shape index (κ2) is 5.99. The van der Waals surface area contributed by atoms with E-state index in [4.69, 9.17) is 14.2 Å². The Morgan fingerprint density at radius 3 is 2.56 bits per heavy atom. The minimum Gasteiger partial charge on any atom is -0.465 e. The number of carbonyl (C=O) groups is 1. The molecular formula is C13H23NO4. The van der Waals surface area contributed by atoms with Crippen LogP contribution >= 0.6 is 0 Å². The molecule has 0 bridgehead atoms. The SMILES string of the molecule is CCOC(=O)C(C)NC1CCC2(CC1)OCCO2. The Morgan fingerprint density at radius 1 is 1.39 bits per heavy atom. The van der Waals surface area contributed by atoms with Crippen molar-refractivity contribution in [2.45, 2.75) is 57.4 Å². The fraction of sp³-hybridized carbons (Fsp3) is 0.923. The van der Waals surface area contributed by atoms with Gasteiger partial charge in [-0.3, -0.25) is 4.79 Å². The van der Waals surface area contributed by atoms with Crippen LogP contribution < -0.4 is 5.32 Å². The van der Waals surface area contributed by atoms with Crippen LogP contribution in [0, 0.1) is 0 Å². The molecule has 1 unspecified atom stereocenters. The van der Waals surface area contributed by atoms with Crippen LogP contribution in [0.4, 0.5) is 0 Å². The predicted molar refractivity (Wildman–Crippen MR) is 66.1 cm³/mol. The topological polar surface area (TPSA) is 56.8 Å². The van der Waals surface area contributed by atoms with E-state index in [0.29, 0.717) is 25.9 Å². The van der Waals surface area contributed by atoms with Crippen LogP contribution in [0.2, 0.25) is 0 Å². The van der Waals surface area contributed by atoms with E-state index in [-0.39, 0.29) is 17.8 Å². The summed E-state index contributed by atoms with van der Waals surface area (Å²) in [6, 6.07) is 0.109. The van der Waals surface area contributed by atoms with E-state index in [2.05, 4.69) is 5.32 Å². The van der Waals surface area contributed by atoms with Gasteiger partial charge < -0.3 is 19.5 Å². The average molecular weight is 257 g/mol. The Labute approximate surface area is 108 Å². The molecule has 104 valence electrons. The minimum atomic E-state index is -0.328. The van der Waals surface area contributed by atoms with Gasteiger partial charge in [-0.2, -0.15) is 0 Å². The van der Waals surface area contributed by atoms with Gasteiger partial charge in [0, 0.05) is 18.9 Å². The first-order valence-corrected chi connectivity index (χ1v) is 6.86. The van der Waals surface area contributed by atoms with Gasteiger partial charge in [0.15, 0.2) is 5.79 Å². The Bertz CT molecular complexity index is 279. The number of carbonyl (C=O) groups excluding carboxylic acids is 1. The van der Waals surface area contributed by atoms with Crippen molar-refractivity contribution in [2.24, 2.45) is 0 Å². The van der Waals surface area contributed by atoms with Gasteiger partial charge in [0.2, 0.25) is 0 Å². The van der Waals surface area contributed by atoms with E-state index >= 15 is 0 Å². The van der Waals surface area contributed by atoms with E-state index in [1.54, 1.807) is 0 Å². The molecule has 0 aromatic heterocycles. The maximum atomic E-state index is 11.5. The number of ether oxygens (including phenoxy) is 3. The molecule has 2 fully saturated rings. The third-order valence-corrected chi connectivity index (χ3v) is 3.69. The fourth-order valence-corrected chi connectivity index (χ4v) is 2.70. The summed E-state index contributed by atoms with van der Waals surface area (Å²) < 4.78 is 16.3. The summed E-state index contributed by atoms with van der Waals surface area (Å²) in [5.41, 5.74) is 0. The number of hydrogen-bond acceptors (Lipinski definition) is 5. The van der Waals surface area contributed by atoms with Crippen molar-refractivity contribution in [1.82, 2.24) is 5.32 Å². The molecule has 0 radical (unpaired) electrons. The largest absolute Gasteiger partial charge is 0.465 e. The van der Waals surface area contributed by atoms with Crippen LogP contribution in [0.25, 0.3) is 0 Å². The molecule has 2 aliphatic rings. The predicted octanol–water partition coefficient (Wildman–Crippen LogP) is 1.21. The molecule has 1 aliphatic carbocycles. The maximum Gasteiger partial charge on any atom is 0.322 e. The van der Waals surface area contributed by atoms with Gasteiger partial charge in [0.05, 0.1) is 19.8 Å². The van der Waals surface area contributed by atoms with Gasteiger partial charge in [-0.05, 0) is 26.7 Å². The molecule has 0 aromatic carbocycles. The number of nitrogens with one attached hydrogen (secondary N) is 1. The maximum absolute atomic E-state index is 11.5.